The number of benzene rings is 1. The van der Waals surface area contributed by atoms with Crippen molar-refractivity contribution in [3.8, 4) is 0 Å². The zero-order valence-electron chi connectivity index (χ0n) is 15.3. The van der Waals surface area contributed by atoms with Crippen LogP contribution in [0.5, 0.6) is 0 Å². The number of anilines is 2. The fourth-order valence-electron chi connectivity index (χ4n) is 4.16. The molecule has 1 aromatic heterocycles. The van der Waals surface area contributed by atoms with Gasteiger partial charge in [-0.1, -0.05) is 11.6 Å². The number of piperazine rings is 1. The summed E-state index contributed by atoms with van der Waals surface area (Å²) in [6, 6.07) is -0.643. The molecule has 2 aliphatic heterocycles. The highest BCUT2D eigenvalue weighted by Crippen LogP contribution is 2.44. The number of nitrogens with zero attached hydrogens (tertiary/aromatic N) is 5. The maximum atomic E-state index is 15.3. The number of likely N-dealkylation sites (N-methyl/N-ethyl adjacent to an activating group) is 2. The molecule has 0 radical (unpaired) electrons. The second-order valence-electron chi connectivity index (χ2n) is 7.21. The van der Waals surface area contributed by atoms with Crippen LogP contribution in [0.25, 0.3) is 10.9 Å². The molecule has 0 bridgehead atoms. The third-order valence-corrected chi connectivity index (χ3v) is 6.76. The molecule has 1 saturated heterocycles. The van der Waals surface area contributed by atoms with Crippen molar-refractivity contribution in [2.75, 3.05) is 37.0 Å². The molecule has 2 aromatic rings. The first-order valence-corrected chi connectivity index (χ1v) is 9.84. The van der Waals surface area contributed by atoms with Crippen LogP contribution in [0.3, 0.4) is 0 Å². The van der Waals surface area contributed by atoms with Crippen molar-refractivity contribution < 1.29 is 9.18 Å². The topological polar surface area (TPSA) is 61.7 Å². The van der Waals surface area contributed by atoms with Gasteiger partial charge in [-0.15, -0.1) is 0 Å². The number of fused-ring (bicyclic) bond motifs is 2. The van der Waals surface area contributed by atoms with Gasteiger partial charge in [-0.05, 0) is 20.9 Å². The van der Waals surface area contributed by atoms with Crippen molar-refractivity contribution in [3.63, 3.8) is 0 Å². The highest BCUT2D eigenvalue weighted by atomic mass is 127. The molecule has 27 heavy (non-hydrogen) atoms. The highest BCUT2D eigenvalue weighted by Gasteiger charge is 2.43. The smallest absolute Gasteiger partial charge is 0.338 e. The van der Waals surface area contributed by atoms with E-state index in [-0.39, 0.29) is 28.2 Å². The third kappa shape index (κ3) is 2.51. The average Bonchev–Trinajstić information content (AvgIpc) is 2.69. The minimum absolute atomic E-state index is 0.0830. The second-order valence-corrected chi connectivity index (χ2v) is 8.56. The Morgan fingerprint density at radius 1 is 1.26 bits per heavy atom. The Morgan fingerprint density at radius 2 is 1.93 bits per heavy atom. The van der Waals surface area contributed by atoms with Crippen molar-refractivity contribution in [2.45, 2.75) is 25.9 Å². The van der Waals surface area contributed by atoms with Gasteiger partial charge in [0.2, 0.25) is 0 Å². The summed E-state index contributed by atoms with van der Waals surface area (Å²) in [4.78, 5) is 35.3. The van der Waals surface area contributed by atoms with Gasteiger partial charge in [0.25, 0.3) is 5.91 Å². The van der Waals surface area contributed by atoms with Crippen LogP contribution >= 0.6 is 34.5 Å². The van der Waals surface area contributed by atoms with Gasteiger partial charge in [-0.25, -0.2) is 12.0 Å². The lowest BCUT2D eigenvalue weighted by atomic mass is 10.1. The van der Waals surface area contributed by atoms with E-state index in [2.05, 4.69) is 9.88 Å². The Labute approximate surface area is 174 Å². The lowest BCUT2D eigenvalue weighted by Crippen LogP contribution is -2.62. The van der Waals surface area contributed by atoms with E-state index < -0.39 is 17.5 Å². The monoisotopic (exact) mass is 505 g/mol. The molecule has 2 unspecified atom stereocenters. The summed E-state index contributed by atoms with van der Waals surface area (Å²) in [6.07, 6.45) is 0. The average molecular weight is 506 g/mol. The minimum Gasteiger partial charge on any atom is -0.338 e. The van der Waals surface area contributed by atoms with Gasteiger partial charge < -0.3 is 14.7 Å². The largest absolute Gasteiger partial charge is 0.359 e. The molecule has 0 aliphatic carbocycles. The van der Waals surface area contributed by atoms with Gasteiger partial charge >= 0.3 is 5.69 Å². The Bertz CT molecular complexity index is 1060. The SMILES string of the molecule is Cc1c(F)c2c3c(nc(=O)n(I)c3c1Cl)N1C(C)CN(C)CC1C(=O)N2C. The van der Waals surface area contributed by atoms with Gasteiger partial charge in [-0.2, -0.15) is 4.98 Å². The molecule has 1 amide bonds. The highest BCUT2D eigenvalue weighted by molar-refractivity contribution is 14.1. The number of hydrogen-bond donors (Lipinski definition) is 0. The molecule has 1 aromatic carbocycles. The molecule has 0 spiro atoms. The fraction of sp³-hybridized carbons (Fsp3) is 0.471. The molecular formula is C17H18ClFIN5O2. The van der Waals surface area contributed by atoms with E-state index in [0.29, 0.717) is 29.8 Å². The van der Waals surface area contributed by atoms with Crippen LogP contribution in [0.1, 0.15) is 12.5 Å². The molecule has 0 N–H and O–H groups in total. The maximum absolute atomic E-state index is 15.3. The van der Waals surface area contributed by atoms with Crippen LogP contribution in [0.2, 0.25) is 5.02 Å². The van der Waals surface area contributed by atoms with Crippen LogP contribution in [0.4, 0.5) is 15.9 Å². The van der Waals surface area contributed by atoms with Gasteiger partial charge in [0.05, 0.1) is 44.5 Å². The summed E-state index contributed by atoms with van der Waals surface area (Å²) in [5, 5.41) is 0.550. The molecule has 2 aliphatic rings. The van der Waals surface area contributed by atoms with Crippen molar-refractivity contribution >= 4 is 62.8 Å². The number of aromatic nitrogens is 2. The Balaban J connectivity index is 2.21. The van der Waals surface area contributed by atoms with Gasteiger partial charge in [-0.3, -0.25) is 4.79 Å². The van der Waals surface area contributed by atoms with E-state index in [0.717, 1.165) is 0 Å². The van der Waals surface area contributed by atoms with Gasteiger partial charge in [0, 0.05) is 31.7 Å². The number of hydrogen-bond acceptors (Lipinski definition) is 5. The number of carbonyl (C=O) groups excluding carboxylic acids is 1. The van der Waals surface area contributed by atoms with E-state index >= 15 is 4.39 Å². The molecule has 144 valence electrons. The number of carbonyl (C=O) groups is 1. The van der Waals surface area contributed by atoms with Crippen LogP contribution < -0.4 is 15.5 Å². The third-order valence-electron chi connectivity index (χ3n) is 5.40. The first-order valence-electron chi connectivity index (χ1n) is 8.50. The number of rotatable bonds is 0. The Kier molecular flexibility index (Phi) is 4.39. The van der Waals surface area contributed by atoms with Crippen molar-refractivity contribution in [3.05, 3.63) is 26.9 Å². The van der Waals surface area contributed by atoms with Crippen molar-refractivity contribution in [2.24, 2.45) is 0 Å². The normalized spacial score (nSPS) is 23.0. The van der Waals surface area contributed by atoms with Crippen molar-refractivity contribution in [1.82, 2.24) is 12.7 Å². The Hall–Kier alpha value is -1.46. The van der Waals surface area contributed by atoms with Crippen LogP contribution in [-0.4, -0.2) is 57.8 Å². The number of amides is 1. The van der Waals surface area contributed by atoms with Crippen LogP contribution in [0, 0.1) is 12.7 Å². The zero-order chi connectivity index (χ0) is 19.8. The summed E-state index contributed by atoms with van der Waals surface area (Å²) in [6.45, 7) is 4.67. The lowest BCUT2D eigenvalue weighted by molar-refractivity contribution is -0.120. The molecule has 2 atom stereocenters. The molecule has 7 nitrogen and oxygen atoms in total. The van der Waals surface area contributed by atoms with Gasteiger partial charge in [0.15, 0.2) is 5.82 Å². The van der Waals surface area contributed by atoms with E-state index in [1.54, 1.807) is 14.0 Å². The standard InChI is InChI=1S/C17H18ClFIN5O2/c1-7-5-22(3)6-9-16(26)23(4)14-10-13(11(18)8(2)12(14)19)25(20)17(27)21-15(10)24(7)9/h7,9H,5-6H2,1-4H3. The quantitative estimate of drug-likeness (QED) is 0.514. The second kappa shape index (κ2) is 6.28. The summed E-state index contributed by atoms with van der Waals surface area (Å²) < 4.78 is 16.6. The first-order chi connectivity index (χ1) is 12.6. The molecule has 1 fully saturated rings. The van der Waals surface area contributed by atoms with E-state index in [1.165, 1.54) is 7.68 Å². The van der Waals surface area contributed by atoms with Gasteiger partial charge in [0.1, 0.15) is 11.9 Å². The minimum atomic E-state index is -0.567. The number of halogens is 3. The van der Waals surface area contributed by atoms with Crippen LogP contribution in [0.15, 0.2) is 4.79 Å². The predicted octanol–water partition coefficient (Wildman–Crippen LogP) is 2.18. The molecule has 10 heteroatoms. The maximum Gasteiger partial charge on any atom is 0.359 e. The lowest BCUT2D eigenvalue weighted by Gasteiger charge is -2.44. The van der Waals surface area contributed by atoms with E-state index in [1.807, 2.05) is 41.7 Å². The summed E-state index contributed by atoms with van der Waals surface area (Å²) in [5.41, 5.74) is 0.200. The molecule has 0 saturated carbocycles. The Morgan fingerprint density at radius 3 is 2.59 bits per heavy atom. The van der Waals surface area contributed by atoms with Crippen molar-refractivity contribution in [1.29, 1.82) is 0 Å². The summed E-state index contributed by atoms with van der Waals surface area (Å²) in [7, 11) is 3.50. The first kappa shape index (κ1) is 18.9. The summed E-state index contributed by atoms with van der Waals surface area (Å²) >= 11 is 8.26. The van der Waals surface area contributed by atoms with E-state index in [4.69, 9.17) is 11.6 Å². The molecular weight excluding hydrogens is 488 g/mol. The predicted molar refractivity (Wildman–Crippen MR) is 112 cm³/mol. The molecule has 3 heterocycles. The summed E-state index contributed by atoms with van der Waals surface area (Å²) in [5.74, 6) is -0.481. The zero-order valence-corrected chi connectivity index (χ0v) is 18.2. The fourth-order valence-corrected chi connectivity index (χ4v) is 5.15. The van der Waals surface area contributed by atoms with Crippen LogP contribution in [-0.2, 0) is 4.79 Å². The van der Waals surface area contributed by atoms with E-state index in [9.17, 15) is 9.59 Å². The molecule has 4 rings (SSSR count).